The molecule has 3 nitrogen and oxygen atoms in total. The summed E-state index contributed by atoms with van der Waals surface area (Å²) >= 11 is 0. The molecule has 0 aliphatic carbocycles. The van der Waals surface area contributed by atoms with Crippen molar-refractivity contribution in [2.24, 2.45) is 11.8 Å². The van der Waals surface area contributed by atoms with Crippen molar-refractivity contribution < 1.29 is 4.79 Å². The molecule has 2 aliphatic heterocycles. The molecule has 0 bridgehead atoms. The van der Waals surface area contributed by atoms with E-state index in [1.165, 1.54) is 12.8 Å². The number of likely N-dealkylation sites (tertiary alicyclic amines) is 1. The SMILES string of the molecule is CCC1CCCN1C(=O)C(C)C1CNC1. The molecule has 0 spiro atoms. The summed E-state index contributed by atoms with van der Waals surface area (Å²) in [5.41, 5.74) is 0. The van der Waals surface area contributed by atoms with Crippen LogP contribution < -0.4 is 5.32 Å². The molecule has 15 heavy (non-hydrogen) atoms. The number of nitrogens with one attached hydrogen (secondary N) is 1. The number of hydrogen-bond donors (Lipinski definition) is 1. The maximum absolute atomic E-state index is 12.2. The molecule has 1 N–H and O–H groups in total. The quantitative estimate of drug-likeness (QED) is 0.760. The molecule has 2 fully saturated rings. The van der Waals surface area contributed by atoms with Gasteiger partial charge in [-0.05, 0) is 38.3 Å². The third-order valence-corrected chi connectivity index (χ3v) is 4.04. The Balaban J connectivity index is 1.93. The van der Waals surface area contributed by atoms with Crippen LogP contribution in [0.4, 0.5) is 0 Å². The zero-order valence-electron chi connectivity index (χ0n) is 9.83. The van der Waals surface area contributed by atoms with Gasteiger partial charge in [-0.15, -0.1) is 0 Å². The predicted molar refractivity (Wildman–Crippen MR) is 60.5 cm³/mol. The standard InChI is InChI=1S/C12H22N2O/c1-3-11-5-4-6-14(11)12(15)9(2)10-7-13-8-10/h9-11,13H,3-8H2,1-2H3. The van der Waals surface area contributed by atoms with Crippen molar-refractivity contribution in [1.82, 2.24) is 10.2 Å². The van der Waals surface area contributed by atoms with Crippen LogP contribution in [0, 0.1) is 11.8 Å². The summed E-state index contributed by atoms with van der Waals surface area (Å²) in [4.78, 5) is 14.4. The predicted octanol–water partition coefficient (Wildman–Crippen LogP) is 1.24. The molecular weight excluding hydrogens is 188 g/mol. The molecule has 2 atom stereocenters. The fourth-order valence-electron chi connectivity index (χ4n) is 2.68. The minimum Gasteiger partial charge on any atom is -0.339 e. The molecular formula is C12H22N2O. The summed E-state index contributed by atoms with van der Waals surface area (Å²) in [7, 11) is 0. The van der Waals surface area contributed by atoms with Crippen LogP contribution in [0.25, 0.3) is 0 Å². The average molecular weight is 210 g/mol. The summed E-state index contributed by atoms with van der Waals surface area (Å²) in [5, 5.41) is 3.24. The first-order valence-corrected chi connectivity index (χ1v) is 6.25. The fourth-order valence-corrected chi connectivity index (χ4v) is 2.68. The number of carbonyl (C=O) groups excluding carboxylic acids is 1. The minimum atomic E-state index is 0.221. The van der Waals surface area contributed by atoms with Crippen LogP contribution in [0.2, 0.25) is 0 Å². The Kier molecular flexibility index (Phi) is 3.29. The van der Waals surface area contributed by atoms with Crippen LogP contribution in [-0.4, -0.2) is 36.5 Å². The van der Waals surface area contributed by atoms with Crippen molar-refractivity contribution in [3.8, 4) is 0 Å². The molecule has 2 aliphatic rings. The number of hydrogen-bond acceptors (Lipinski definition) is 2. The molecule has 3 heteroatoms. The lowest BCUT2D eigenvalue weighted by Gasteiger charge is -2.35. The second-order valence-corrected chi connectivity index (χ2v) is 4.94. The zero-order chi connectivity index (χ0) is 10.8. The van der Waals surface area contributed by atoms with Crippen LogP contribution in [0.1, 0.15) is 33.1 Å². The molecule has 86 valence electrons. The molecule has 0 aromatic carbocycles. The number of rotatable bonds is 3. The lowest BCUT2D eigenvalue weighted by molar-refractivity contribution is -0.138. The third kappa shape index (κ3) is 2.03. The Morgan fingerprint density at radius 1 is 1.53 bits per heavy atom. The number of nitrogens with zero attached hydrogens (tertiary/aromatic N) is 1. The number of carbonyl (C=O) groups is 1. The van der Waals surface area contributed by atoms with Gasteiger partial charge < -0.3 is 10.2 Å². The van der Waals surface area contributed by atoms with Gasteiger partial charge >= 0.3 is 0 Å². The summed E-state index contributed by atoms with van der Waals surface area (Å²) in [5.74, 6) is 1.19. The van der Waals surface area contributed by atoms with Gasteiger partial charge in [0.05, 0.1) is 0 Å². The zero-order valence-corrected chi connectivity index (χ0v) is 9.83. The molecule has 2 saturated heterocycles. The van der Waals surface area contributed by atoms with E-state index in [1.807, 2.05) is 0 Å². The Hall–Kier alpha value is -0.570. The van der Waals surface area contributed by atoms with Gasteiger partial charge in [-0.25, -0.2) is 0 Å². The van der Waals surface area contributed by atoms with Crippen LogP contribution in [0.3, 0.4) is 0 Å². The maximum atomic E-state index is 12.2. The Bertz CT molecular complexity index is 238. The normalized spacial score (nSPS) is 28.9. The van der Waals surface area contributed by atoms with Crippen molar-refractivity contribution in [3.63, 3.8) is 0 Å². The maximum Gasteiger partial charge on any atom is 0.226 e. The van der Waals surface area contributed by atoms with Crippen LogP contribution >= 0.6 is 0 Å². The highest BCUT2D eigenvalue weighted by molar-refractivity contribution is 5.79. The minimum absolute atomic E-state index is 0.221. The Morgan fingerprint density at radius 3 is 2.80 bits per heavy atom. The van der Waals surface area contributed by atoms with E-state index in [0.717, 1.165) is 26.1 Å². The van der Waals surface area contributed by atoms with E-state index in [-0.39, 0.29) is 5.92 Å². The summed E-state index contributed by atoms with van der Waals surface area (Å²) in [6.45, 7) is 7.32. The van der Waals surface area contributed by atoms with Gasteiger partial charge in [0, 0.05) is 18.5 Å². The second kappa shape index (κ2) is 4.52. The van der Waals surface area contributed by atoms with Crippen LogP contribution in [0.15, 0.2) is 0 Å². The second-order valence-electron chi connectivity index (χ2n) is 4.94. The smallest absolute Gasteiger partial charge is 0.226 e. The largest absolute Gasteiger partial charge is 0.339 e. The molecule has 2 rings (SSSR count). The molecule has 1 amide bonds. The van der Waals surface area contributed by atoms with Gasteiger partial charge in [-0.3, -0.25) is 4.79 Å². The van der Waals surface area contributed by atoms with Crippen molar-refractivity contribution in [3.05, 3.63) is 0 Å². The van der Waals surface area contributed by atoms with Crippen molar-refractivity contribution in [1.29, 1.82) is 0 Å². The van der Waals surface area contributed by atoms with Gasteiger partial charge in [0.25, 0.3) is 0 Å². The lowest BCUT2D eigenvalue weighted by atomic mass is 9.87. The van der Waals surface area contributed by atoms with Gasteiger partial charge in [-0.1, -0.05) is 13.8 Å². The van der Waals surface area contributed by atoms with Gasteiger partial charge in [0.1, 0.15) is 0 Å². The van der Waals surface area contributed by atoms with E-state index in [2.05, 4.69) is 24.1 Å². The summed E-state index contributed by atoms with van der Waals surface area (Å²) in [6.07, 6.45) is 3.51. The lowest BCUT2D eigenvalue weighted by Crippen LogP contribution is -2.51. The topological polar surface area (TPSA) is 32.3 Å². The molecule has 0 radical (unpaired) electrons. The molecule has 0 aromatic heterocycles. The fraction of sp³-hybridized carbons (Fsp3) is 0.917. The molecule has 0 aromatic rings. The van der Waals surface area contributed by atoms with Gasteiger partial charge in [0.2, 0.25) is 5.91 Å². The van der Waals surface area contributed by atoms with Crippen molar-refractivity contribution >= 4 is 5.91 Å². The highest BCUT2D eigenvalue weighted by Crippen LogP contribution is 2.25. The van der Waals surface area contributed by atoms with E-state index >= 15 is 0 Å². The highest BCUT2D eigenvalue weighted by Gasteiger charge is 2.35. The first kappa shape index (κ1) is 10.9. The van der Waals surface area contributed by atoms with Crippen molar-refractivity contribution in [2.75, 3.05) is 19.6 Å². The van der Waals surface area contributed by atoms with Crippen LogP contribution in [-0.2, 0) is 4.79 Å². The average Bonchev–Trinajstić information content (AvgIpc) is 2.61. The third-order valence-electron chi connectivity index (χ3n) is 4.04. The van der Waals surface area contributed by atoms with Gasteiger partial charge in [0.15, 0.2) is 0 Å². The van der Waals surface area contributed by atoms with E-state index in [4.69, 9.17) is 0 Å². The Labute approximate surface area is 92.2 Å². The monoisotopic (exact) mass is 210 g/mol. The van der Waals surface area contributed by atoms with E-state index in [9.17, 15) is 4.79 Å². The number of amides is 1. The first-order valence-electron chi connectivity index (χ1n) is 6.25. The summed E-state index contributed by atoms with van der Waals surface area (Å²) in [6, 6.07) is 0.521. The van der Waals surface area contributed by atoms with E-state index in [0.29, 0.717) is 17.9 Å². The molecule has 0 saturated carbocycles. The van der Waals surface area contributed by atoms with E-state index < -0.39 is 0 Å². The first-order chi connectivity index (χ1) is 7.24. The summed E-state index contributed by atoms with van der Waals surface area (Å²) < 4.78 is 0. The van der Waals surface area contributed by atoms with Crippen molar-refractivity contribution in [2.45, 2.75) is 39.2 Å². The van der Waals surface area contributed by atoms with E-state index in [1.54, 1.807) is 0 Å². The molecule has 2 unspecified atom stereocenters. The van der Waals surface area contributed by atoms with Gasteiger partial charge in [-0.2, -0.15) is 0 Å². The molecule has 2 heterocycles. The van der Waals surface area contributed by atoms with Crippen LogP contribution in [0.5, 0.6) is 0 Å². The highest BCUT2D eigenvalue weighted by atomic mass is 16.2. The Morgan fingerprint density at radius 2 is 2.27 bits per heavy atom.